The lowest BCUT2D eigenvalue weighted by molar-refractivity contribution is 0.0677. The van der Waals surface area contributed by atoms with Crippen molar-refractivity contribution in [2.24, 2.45) is 10.8 Å². The minimum atomic E-state index is 0.0990. The average Bonchev–Trinajstić information content (AvgIpc) is 1.49. The Kier molecular flexibility index (Phi) is 3.36. The quantitative estimate of drug-likeness (QED) is 0.616. The van der Waals surface area contributed by atoms with Gasteiger partial charge in [-0.1, -0.05) is 34.6 Å². The minimum absolute atomic E-state index is 0.0990. The molecule has 0 amide bonds. The van der Waals surface area contributed by atoms with Gasteiger partial charge in [0.25, 0.3) is 0 Å². The molecule has 0 N–H and O–H groups in total. The summed E-state index contributed by atoms with van der Waals surface area (Å²) < 4.78 is 0. The van der Waals surface area contributed by atoms with Gasteiger partial charge in [0.2, 0.25) is 0 Å². The van der Waals surface area contributed by atoms with Gasteiger partial charge in [0.1, 0.15) is 0 Å². The zero-order valence-corrected chi connectivity index (χ0v) is 9.73. The van der Waals surface area contributed by atoms with E-state index in [0.29, 0.717) is 6.04 Å². The zero-order chi connectivity index (χ0) is 10.2. The molecule has 0 aliphatic rings. The standard InChI is InChI=1S/C11H24N/c1-10(2,3)9(12(7)8)11(4,5)6/h9H,1H2,2-8H3. The van der Waals surface area contributed by atoms with Gasteiger partial charge in [-0.05, 0) is 31.8 Å². The van der Waals surface area contributed by atoms with Crippen molar-refractivity contribution in [1.82, 2.24) is 4.90 Å². The fourth-order valence-electron chi connectivity index (χ4n) is 2.65. The van der Waals surface area contributed by atoms with E-state index < -0.39 is 0 Å². The molecule has 0 spiro atoms. The van der Waals surface area contributed by atoms with Crippen molar-refractivity contribution in [3.63, 3.8) is 0 Å². The van der Waals surface area contributed by atoms with Crippen molar-refractivity contribution in [3.05, 3.63) is 6.92 Å². The first-order valence-corrected chi connectivity index (χ1v) is 4.58. The van der Waals surface area contributed by atoms with E-state index >= 15 is 0 Å². The summed E-state index contributed by atoms with van der Waals surface area (Å²) in [6.45, 7) is 15.4. The van der Waals surface area contributed by atoms with Gasteiger partial charge in [-0.2, -0.15) is 0 Å². The van der Waals surface area contributed by atoms with Crippen LogP contribution in [0.25, 0.3) is 0 Å². The topological polar surface area (TPSA) is 3.24 Å². The number of hydrogen-bond donors (Lipinski definition) is 0. The van der Waals surface area contributed by atoms with Crippen LogP contribution in [-0.2, 0) is 0 Å². The normalized spacial score (nSPS) is 14.5. The maximum absolute atomic E-state index is 4.22. The Morgan fingerprint density at radius 1 is 1.00 bits per heavy atom. The fourth-order valence-corrected chi connectivity index (χ4v) is 2.65. The van der Waals surface area contributed by atoms with Crippen molar-refractivity contribution in [3.8, 4) is 0 Å². The minimum Gasteiger partial charge on any atom is -0.305 e. The first kappa shape index (κ1) is 12.0. The van der Waals surface area contributed by atoms with Crippen molar-refractivity contribution < 1.29 is 0 Å². The monoisotopic (exact) mass is 170 g/mol. The summed E-state index contributed by atoms with van der Waals surface area (Å²) in [5.74, 6) is 0. The van der Waals surface area contributed by atoms with Crippen LogP contribution < -0.4 is 0 Å². The van der Waals surface area contributed by atoms with E-state index in [1.54, 1.807) is 0 Å². The molecule has 1 heteroatoms. The van der Waals surface area contributed by atoms with Crippen LogP contribution in [0, 0.1) is 17.8 Å². The molecule has 0 aromatic heterocycles. The molecule has 0 fully saturated rings. The Labute approximate surface area is 78.1 Å². The molecule has 0 saturated heterocycles. The van der Waals surface area contributed by atoms with E-state index in [1.165, 1.54) is 0 Å². The number of rotatable bonds is 2. The Morgan fingerprint density at radius 2 is 1.33 bits per heavy atom. The highest BCUT2D eigenvalue weighted by Gasteiger charge is 2.36. The molecule has 0 bridgehead atoms. The van der Waals surface area contributed by atoms with Gasteiger partial charge < -0.3 is 4.90 Å². The number of nitrogens with zero attached hydrogens (tertiary/aromatic N) is 1. The van der Waals surface area contributed by atoms with Crippen LogP contribution in [0.2, 0.25) is 0 Å². The smallest absolute Gasteiger partial charge is 0.0189 e. The SMILES string of the molecule is [CH2]C(C)(C)C(N(C)C)C(C)(C)C. The summed E-state index contributed by atoms with van der Waals surface area (Å²) in [6, 6.07) is 0.505. The van der Waals surface area contributed by atoms with E-state index in [4.69, 9.17) is 0 Å². The van der Waals surface area contributed by atoms with Crippen molar-refractivity contribution >= 4 is 0 Å². The molecule has 0 aliphatic carbocycles. The van der Waals surface area contributed by atoms with E-state index in [2.05, 4.69) is 60.5 Å². The average molecular weight is 170 g/mol. The van der Waals surface area contributed by atoms with Crippen LogP contribution in [0.5, 0.6) is 0 Å². The van der Waals surface area contributed by atoms with Crippen LogP contribution in [-0.4, -0.2) is 25.0 Å². The van der Waals surface area contributed by atoms with Crippen LogP contribution in [0.15, 0.2) is 0 Å². The van der Waals surface area contributed by atoms with Gasteiger partial charge >= 0.3 is 0 Å². The summed E-state index contributed by atoms with van der Waals surface area (Å²) in [4.78, 5) is 2.27. The lowest BCUT2D eigenvalue weighted by Gasteiger charge is -2.45. The molecular formula is C11H24N. The van der Waals surface area contributed by atoms with Crippen LogP contribution in [0.4, 0.5) is 0 Å². The zero-order valence-electron chi connectivity index (χ0n) is 9.73. The molecule has 1 atom stereocenters. The summed E-state index contributed by atoms with van der Waals surface area (Å²) in [5.41, 5.74) is 0.385. The van der Waals surface area contributed by atoms with Gasteiger partial charge in [-0.15, -0.1) is 0 Å². The molecule has 0 heterocycles. The maximum Gasteiger partial charge on any atom is 0.0189 e. The van der Waals surface area contributed by atoms with E-state index in [9.17, 15) is 0 Å². The summed E-state index contributed by atoms with van der Waals surface area (Å²) in [6.07, 6.45) is 0. The highest BCUT2D eigenvalue weighted by atomic mass is 15.1. The van der Waals surface area contributed by atoms with Crippen molar-refractivity contribution in [1.29, 1.82) is 0 Å². The molecule has 1 radical (unpaired) electrons. The van der Waals surface area contributed by atoms with Crippen LogP contribution in [0.1, 0.15) is 34.6 Å². The highest BCUT2D eigenvalue weighted by Crippen LogP contribution is 2.35. The van der Waals surface area contributed by atoms with Gasteiger partial charge in [0, 0.05) is 6.04 Å². The molecule has 0 aromatic carbocycles. The molecular weight excluding hydrogens is 146 g/mol. The van der Waals surface area contributed by atoms with Crippen molar-refractivity contribution in [2.45, 2.75) is 40.7 Å². The summed E-state index contributed by atoms with van der Waals surface area (Å²) in [5, 5.41) is 0. The molecule has 1 nitrogen and oxygen atoms in total. The Hall–Kier alpha value is -0.0400. The third-order valence-corrected chi connectivity index (χ3v) is 2.08. The van der Waals surface area contributed by atoms with Crippen LogP contribution in [0.3, 0.4) is 0 Å². The van der Waals surface area contributed by atoms with E-state index in [1.807, 2.05) is 0 Å². The molecule has 1 unspecified atom stereocenters. The third kappa shape index (κ3) is 3.14. The predicted molar refractivity (Wildman–Crippen MR) is 56.1 cm³/mol. The second-order valence-electron chi connectivity index (χ2n) is 5.72. The van der Waals surface area contributed by atoms with Gasteiger partial charge in [-0.25, -0.2) is 0 Å². The molecule has 73 valence electrons. The third-order valence-electron chi connectivity index (χ3n) is 2.08. The van der Waals surface area contributed by atoms with Gasteiger partial charge in [0.15, 0.2) is 0 Å². The molecule has 0 aromatic rings. The lowest BCUT2D eigenvalue weighted by Crippen LogP contribution is -2.48. The predicted octanol–water partition coefficient (Wildman–Crippen LogP) is 2.82. The van der Waals surface area contributed by atoms with Crippen molar-refractivity contribution in [2.75, 3.05) is 14.1 Å². The highest BCUT2D eigenvalue weighted by molar-refractivity contribution is 4.93. The summed E-state index contributed by atoms with van der Waals surface area (Å²) in [7, 11) is 4.26. The van der Waals surface area contributed by atoms with E-state index in [0.717, 1.165) is 0 Å². The molecule has 12 heavy (non-hydrogen) atoms. The number of hydrogen-bond acceptors (Lipinski definition) is 1. The Morgan fingerprint density at radius 3 is 1.33 bits per heavy atom. The van der Waals surface area contributed by atoms with Gasteiger partial charge in [0.05, 0.1) is 0 Å². The fraction of sp³-hybridized carbons (Fsp3) is 0.909. The second kappa shape index (κ2) is 3.37. The Bertz CT molecular complexity index is 120. The first-order valence-electron chi connectivity index (χ1n) is 4.58. The maximum atomic E-state index is 4.22. The summed E-state index contributed by atoms with van der Waals surface area (Å²) >= 11 is 0. The molecule has 0 saturated carbocycles. The lowest BCUT2D eigenvalue weighted by atomic mass is 9.71. The van der Waals surface area contributed by atoms with Gasteiger partial charge in [-0.3, -0.25) is 0 Å². The van der Waals surface area contributed by atoms with Crippen LogP contribution >= 0.6 is 0 Å². The molecule has 0 rings (SSSR count). The second-order valence-corrected chi connectivity index (χ2v) is 5.72. The van der Waals surface area contributed by atoms with E-state index in [-0.39, 0.29) is 10.8 Å². The largest absolute Gasteiger partial charge is 0.305 e. The first-order chi connectivity index (χ1) is 5.07. The Balaban J connectivity index is 4.70. The molecule has 0 aliphatic heterocycles.